The van der Waals surface area contributed by atoms with Crippen molar-refractivity contribution in [3.63, 3.8) is 0 Å². The molecule has 3 aromatic rings. The molecular formula is C25H25FN3O2+. The van der Waals surface area contributed by atoms with Crippen molar-refractivity contribution in [1.29, 1.82) is 0 Å². The summed E-state index contributed by atoms with van der Waals surface area (Å²) in [5, 5.41) is 2.98. The number of quaternary nitrogens is 1. The fraction of sp³-hybridized carbons (Fsp3) is 0.200. The second-order valence-electron chi connectivity index (χ2n) is 8.02. The van der Waals surface area contributed by atoms with Gasteiger partial charge in [0.15, 0.2) is 12.2 Å². The fourth-order valence-electron chi connectivity index (χ4n) is 4.09. The maximum Gasteiger partial charge on any atom is 0.329 e. The Hall–Kier alpha value is -3.51. The van der Waals surface area contributed by atoms with E-state index in [-0.39, 0.29) is 18.4 Å². The summed E-state index contributed by atoms with van der Waals surface area (Å²) < 4.78 is 13.2. The number of urea groups is 1. The Bertz CT molecular complexity index is 1060. The number of carbonyl (C=O) groups excluding carboxylic acids is 2. The van der Waals surface area contributed by atoms with Gasteiger partial charge in [0.05, 0.1) is 7.05 Å². The van der Waals surface area contributed by atoms with Gasteiger partial charge in [-0.15, -0.1) is 0 Å². The molecule has 31 heavy (non-hydrogen) atoms. The molecule has 1 heterocycles. The molecule has 3 amide bonds. The van der Waals surface area contributed by atoms with E-state index >= 15 is 0 Å². The third-order valence-electron chi connectivity index (χ3n) is 5.60. The van der Waals surface area contributed by atoms with Crippen LogP contribution < -0.4 is 10.2 Å². The molecule has 0 saturated carbocycles. The van der Waals surface area contributed by atoms with E-state index in [9.17, 15) is 14.0 Å². The summed E-state index contributed by atoms with van der Waals surface area (Å²) in [7, 11) is 1.91. The highest BCUT2D eigenvalue weighted by Gasteiger charge is 2.53. The predicted molar refractivity (Wildman–Crippen MR) is 116 cm³/mol. The van der Waals surface area contributed by atoms with E-state index in [1.165, 1.54) is 17.0 Å². The molecule has 2 atom stereocenters. The van der Waals surface area contributed by atoms with Crippen LogP contribution in [0, 0.1) is 5.82 Å². The van der Waals surface area contributed by atoms with Crippen LogP contribution in [0.15, 0.2) is 84.9 Å². The number of amides is 3. The Balaban J connectivity index is 1.58. The first-order chi connectivity index (χ1) is 15.0. The maximum absolute atomic E-state index is 13.7. The molecule has 1 aliphatic rings. The lowest BCUT2D eigenvalue weighted by atomic mass is 9.83. The topological polar surface area (TPSA) is 53.9 Å². The Labute approximate surface area is 181 Å². The van der Waals surface area contributed by atoms with Crippen LogP contribution in [0.1, 0.15) is 16.7 Å². The van der Waals surface area contributed by atoms with Gasteiger partial charge < -0.3 is 10.2 Å². The minimum Gasteiger partial charge on any atom is -0.319 e. The molecule has 0 bridgehead atoms. The summed E-state index contributed by atoms with van der Waals surface area (Å²) in [6, 6.07) is 24.9. The average molecular weight is 418 g/mol. The van der Waals surface area contributed by atoms with Crippen molar-refractivity contribution in [3.05, 3.63) is 107 Å². The molecule has 0 radical (unpaired) electrons. The van der Waals surface area contributed by atoms with Gasteiger partial charge >= 0.3 is 6.03 Å². The minimum absolute atomic E-state index is 0.214. The Kier molecular flexibility index (Phi) is 5.82. The van der Waals surface area contributed by atoms with Crippen molar-refractivity contribution >= 4 is 11.9 Å². The maximum atomic E-state index is 13.7. The number of benzene rings is 3. The van der Waals surface area contributed by atoms with E-state index < -0.39 is 11.6 Å². The van der Waals surface area contributed by atoms with Crippen LogP contribution in [0.2, 0.25) is 0 Å². The monoisotopic (exact) mass is 418 g/mol. The van der Waals surface area contributed by atoms with Gasteiger partial charge in [-0.2, -0.15) is 0 Å². The Morgan fingerprint density at radius 2 is 1.48 bits per heavy atom. The molecule has 158 valence electrons. The lowest BCUT2D eigenvalue weighted by Gasteiger charge is -2.28. The molecule has 1 fully saturated rings. The van der Waals surface area contributed by atoms with Crippen molar-refractivity contribution in [2.75, 3.05) is 13.7 Å². The highest BCUT2D eigenvalue weighted by molar-refractivity contribution is 6.07. The largest absolute Gasteiger partial charge is 0.329 e. The molecule has 4 rings (SSSR count). The van der Waals surface area contributed by atoms with E-state index in [2.05, 4.69) is 5.32 Å². The third-order valence-corrected chi connectivity index (χ3v) is 5.60. The number of imide groups is 1. The lowest BCUT2D eigenvalue weighted by Crippen LogP contribution is -3.09. The van der Waals surface area contributed by atoms with Crippen LogP contribution in [0.25, 0.3) is 0 Å². The number of carbonyl (C=O) groups is 2. The summed E-state index contributed by atoms with van der Waals surface area (Å²) in [6.07, 6.45) is 0.371. The van der Waals surface area contributed by atoms with Gasteiger partial charge in [0.2, 0.25) is 0 Å². The van der Waals surface area contributed by atoms with Crippen molar-refractivity contribution in [2.24, 2.45) is 0 Å². The van der Waals surface area contributed by atoms with Gasteiger partial charge in [-0.05, 0) is 23.3 Å². The van der Waals surface area contributed by atoms with E-state index in [0.717, 1.165) is 21.6 Å². The zero-order valence-corrected chi connectivity index (χ0v) is 17.3. The predicted octanol–water partition coefficient (Wildman–Crippen LogP) is 2.49. The molecule has 0 spiro atoms. The van der Waals surface area contributed by atoms with Crippen LogP contribution in [-0.2, 0) is 23.3 Å². The molecule has 1 unspecified atom stereocenters. The van der Waals surface area contributed by atoms with Crippen LogP contribution in [-0.4, -0.2) is 30.6 Å². The molecule has 2 N–H and O–H groups in total. The van der Waals surface area contributed by atoms with Crippen molar-refractivity contribution in [3.8, 4) is 0 Å². The van der Waals surface area contributed by atoms with Crippen molar-refractivity contribution in [2.45, 2.75) is 18.5 Å². The van der Waals surface area contributed by atoms with Gasteiger partial charge in [-0.1, -0.05) is 72.8 Å². The summed E-state index contributed by atoms with van der Waals surface area (Å²) in [4.78, 5) is 28.8. The summed E-state index contributed by atoms with van der Waals surface area (Å²) in [6.45, 7) is 0.778. The SMILES string of the molecule is C[NH+](Cc1ccc(F)cc1)CN1C(=O)N[C@](Cc2ccccc2)(c2ccccc2)C1=O. The zero-order chi connectivity index (χ0) is 21.8. The number of nitrogens with one attached hydrogen (secondary N) is 2. The minimum atomic E-state index is -1.14. The fourth-order valence-corrected chi connectivity index (χ4v) is 4.09. The van der Waals surface area contributed by atoms with Crippen molar-refractivity contribution < 1.29 is 18.9 Å². The summed E-state index contributed by atoms with van der Waals surface area (Å²) >= 11 is 0. The quantitative estimate of drug-likeness (QED) is 0.580. The number of hydrogen-bond acceptors (Lipinski definition) is 2. The van der Waals surface area contributed by atoms with Gasteiger partial charge in [-0.3, -0.25) is 4.79 Å². The average Bonchev–Trinajstić information content (AvgIpc) is 3.01. The Morgan fingerprint density at radius 3 is 2.13 bits per heavy atom. The number of halogens is 1. The summed E-state index contributed by atoms with van der Waals surface area (Å²) in [5.41, 5.74) is 1.52. The normalized spacial score (nSPS) is 19.4. The first-order valence-corrected chi connectivity index (χ1v) is 10.3. The Morgan fingerprint density at radius 1 is 0.871 bits per heavy atom. The van der Waals surface area contributed by atoms with Crippen molar-refractivity contribution in [1.82, 2.24) is 10.2 Å². The van der Waals surface area contributed by atoms with Crippen LogP contribution in [0.4, 0.5) is 9.18 Å². The number of nitrogens with zero attached hydrogens (tertiary/aromatic N) is 1. The first-order valence-electron chi connectivity index (χ1n) is 10.3. The van der Waals surface area contributed by atoms with Gasteiger partial charge in [0.1, 0.15) is 12.4 Å². The second kappa shape index (κ2) is 8.70. The molecule has 0 aromatic heterocycles. The van der Waals surface area contributed by atoms with Gasteiger partial charge in [-0.25, -0.2) is 14.1 Å². The lowest BCUT2D eigenvalue weighted by molar-refractivity contribution is -0.901. The standard InChI is InChI=1S/C25H24FN3O2/c1-28(17-20-12-14-22(26)15-13-20)18-29-23(30)25(27-24(29)31,21-10-6-3-7-11-21)16-19-8-4-2-5-9-19/h2-15H,16-18H2,1H3,(H,27,31)/p+1/t25-/m1/s1. The molecule has 3 aromatic carbocycles. The van der Waals surface area contributed by atoms with Crippen LogP contribution in [0.3, 0.4) is 0 Å². The molecule has 1 aliphatic heterocycles. The van der Waals surface area contributed by atoms with E-state index in [1.54, 1.807) is 12.1 Å². The second-order valence-corrected chi connectivity index (χ2v) is 8.02. The molecular weight excluding hydrogens is 393 g/mol. The highest BCUT2D eigenvalue weighted by Crippen LogP contribution is 2.32. The number of hydrogen-bond donors (Lipinski definition) is 2. The van der Waals surface area contributed by atoms with Gasteiger partial charge in [0, 0.05) is 12.0 Å². The van der Waals surface area contributed by atoms with E-state index in [4.69, 9.17) is 0 Å². The van der Waals surface area contributed by atoms with E-state index in [1.807, 2.05) is 67.7 Å². The zero-order valence-electron chi connectivity index (χ0n) is 17.3. The molecule has 6 heteroatoms. The van der Waals surface area contributed by atoms with Crippen LogP contribution in [0.5, 0.6) is 0 Å². The third kappa shape index (κ3) is 4.34. The van der Waals surface area contributed by atoms with Crippen LogP contribution >= 0.6 is 0 Å². The highest BCUT2D eigenvalue weighted by atomic mass is 19.1. The molecule has 1 saturated heterocycles. The van der Waals surface area contributed by atoms with Gasteiger partial charge in [0.25, 0.3) is 5.91 Å². The smallest absolute Gasteiger partial charge is 0.319 e. The molecule has 5 nitrogen and oxygen atoms in total. The van der Waals surface area contributed by atoms with E-state index in [0.29, 0.717) is 13.0 Å². The summed E-state index contributed by atoms with van der Waals surface area (Å²) in [5.74, 6) is -0.546. The first kappa shape index (κ1) is 20.8. The molecule has 0 aliphatic carbocycles. The number of rotatable bonds is 7.